The minimum atomic E-state index is -0.481. The van der Waals surface area contributed by atoms with Crippen LogP contribution in [0.25, 0.3) is 6.08 Å². The molecular weight excluding hydrogens is 453 g/mol. The number of rotatable bonds is 5. The first-order valence-electron chi connectivity index (χ1n) is 8.75. The summed E-state index contributed by atoms with van der Waals surface area (Å²) in [5.41, 5.74) is 0.830. The van der Waals surface area contributed by atoms with Gasteiger partial charge in [-0.2, -0.15) is 0 Å². The van der Waals surface area contributed by atoms with Crippen LogP contribution in [0.1, 0.15) is 28.1 Å². The number of carbonyl (C=O) groups excluding carboxylic acids is 2. The summed E-state index contributed by atoms with van der Waals surface area (Å²) in [4.78, 5) is 24.7. The first-order valence-corrected chi connectivity index (χ1v) is 9.88. The van der Waals surface area contributed by atoms with Crippen LogP contribution >= 0.6 is 34.8 Å². The lowest BCUT2D eigenvalue weighted by molar-refractivity contribution is -0.134. The highest BCUT2D eigenvalue weighted by atomic mass is 35.5. The van der Waals surface area contributed by atoms with Crippen LogP contribution in [0.15, 0.2) is 52.7 Å². The van der Waals surface area contributed by atoms with Crippen LogP contribution in [0.5, 0.6) is 11.5 Å². The van der Waals surface area contributed by atoms with E-state index >= 15 is 0 Å². The van der Waals surface area contributed by atoms with Crippen LogP contribution in [-0.4, -0.2) is 16.9 Å². The Hall–Kier alpha value is -2.80. The van der Waals surface area contributed by atoms with Crippen molar-refractivity contribution in [1.82, 2.24) is 5.16 Å². The lowest BCUT2D eigenvalue weighted by atomic mass is 10.1. The monoisotopic (exact) mass is 463 g/mol. The maximum Gasteiger partial charge on any atom is 0.311 e. The molecule has 3 aromatic rings. The van der Waals surface area contributed by atoms with E-state index in [9.17, 15) is 9.59 Å². The van der Waals surface area contributed by atoms with Gasteiger partial charge in [0.15, 0.2) is 10.9 Å². The molecule has 1 aliphatic rings. The topological polar surface area (TPSA) is 78.6 Å². The maximum absolute atomic E-state index is 12.6. The van der Waals surface area contributed by atoms with Crippen molar-refractivity contribution >= 4 is 52.6 Å². The molecule has 1 aliphatic heterocycles. The normalized spacial score (nSPS) is 14.0. The number of hydrogen-bond acceptors (Lipinski definition) is 6. The third-order valence-electron chi connectivity index (χ3n) is 4.25. The van der Waals surface area contributed by atoms with Crippen molar-refractivity contribution in [3.8, 4) is 11.5 Å². The Balaban J connectivity index is 1.46. The Morgan fingerprint density at radius 2 is 1.87 bits per heavy atom. The van der Waals surface area contributed by atoms with Crippen molar-refractivity contribution in [2.45, 2.75) is 12.8 Å². The van der Waals surface area contributed by atoms with E-state index in [0.717, 1.165) is 0 Å². The van der Waals surface area contributed by atoms with Gasteiger partial charge >= 0.3 is 5.97 Å². The van der Waals surface area contributed by atoms with Gasteiger partial charge in [-0.05, 0) is 30.3 Å². The summed E-state index contributed by atoms with van der Waals surface area (Å²) in [7, 11) is 0. The van der Waals surface area contributed by atoms with Crippen molar-refractivity contribution in [3.63, 3.8) is 0 Å². The van der Waals surface area contributed by atoms with E-state index in [2.05, 4.69) is 5.16 Å². The average Bonchev–Trinajstić information content (AvgIpc) is 3.26. The van der Waals surface area contributed by atoms with Crippen LogP contribution in [0.4, 0.5) is 0 Å². The molecule has 0 aliphatic carbocycles. The molecule has 0 atom stereocenters. The highest BCUT2D eigenvalue weighted by Crippen LogP contribution is 2.36. The minimum absolute atomic E-state index is 0.0680. The number of nitrogens with zero attached hydrogens (tertiary/aromatic N) is 1. The molecule has 0 N–H and O–H groups in total. The molecule has 0 fully saturated rings. The van der Waals surface area contributed by atoms with E-state index in [-0.39, 0.29) is 34.6 Å². The van der Waals surface area contributed by atoms with Crippen LogP contribution in [0.3, 0.4) is 0 Å². The Kier molecular flexibility index (Phi) is 5.81. The number of ether oxygens (including phenoxy) is 2. The quantitative estimate of drug-likeness (QED) is 0.270. The van der Waals surface area contributed by atoms with Crippen molar-refractivity contribution < 1.29 is 23.6 Å². The van der Waals surface area contributed by atoms with E-state index in [1.807, 2.05) is 0 Å². The zero-order valence-electron chi connectivity index (χ0n) is 15.2. The molecular formula is C21H12Cl3NO5. The smallest absolute Gasteiger partial charge is 0.311 e. The third-order valence-corrected chi connectivity index (χ3v) is 5.09. The average molecular weight is 465 g/mol. The van der Waals surface area contributed by atoms with Crippen molar-refractivity contribution in [2.24, 2.45) is 0 Å². The second-order valence-corrected chi connectivity index (χ2v) is 7.52. The van der Waals surface area contributed by atoms with E-state index in [0.29, 0.717) is 33.4 Å². The fraction of sp³-hybridized carbons (Fsp3) is 0.0952. The molecule has 0 saturated carbocycles. The second-order valence-electron chi connectivity index (χ2n) is 6.32. The SMILES string of the molecule is O=C(CCc1cc(Cl)no1)Oc1ccc2c(c1)O/C(=C\c1c(Cl)cccc1Cl)C2=O. The second kappa shape index (κ2) is 8.52. The summed E-state index contributed by atoms with van der Waals surface area (Å²) in [6.07, 6.45) is 1.85. The van der Waals surface area contributed by atoms with Crippen LogP contribution in [0.2, 0.25) is 15.2 Å². The number of allylic oxidation sites excluding steroid dienone is 1. The fourth-order valence-electron chi connectivity index (χ4n) is 2.82. The van der Waals surface area contributed by atoms with E-state index in [1.165, 1.54) is 30.3 Å². The van der Waals surface area contributed by atoms with Crippen molar-refractivity contribution in [2.75, 3.05) is 0 Å². The van der Waals surface area contributed by atoms with E-state index < -0.39 is 5.97 Å². The zero-order chi connectivity index (χ0) is 21.3. The lowest BCUT2D eigenvalue weighted by Crippen LogP contribution is -2.08. The molecule has 9 heteroatoms. The first kappa shape index (κ1) is 20.5. The molecule has 4 rings (SSSR count). The summed E-state index contributed by atoms with van der Waals surface area (Å²) in [6, 6.07) is 11.1. The van der Waals surface area contributed by atoms with Crippen molar-refractivity contribution in [3.05, 3.63) is 80.3 Å². The molecule has 0 unspecified atom stereocenters. The van der Waals surface area contributed by atoms with E-state index in [1.54, 1.807) is 18.2 Å². The van der Waals surface area contributed by atoms with Gasteiger partial charge in [0.25, 0.3) is 0 Å². The molecule has 0 spiro atoms. The summed E-state index contributed by atoms with van der Waals surface area (Å²) < 4.78 is 15.9. The van der Waals surface area contributed by atoms with Gasteiger partial charge in [-0.15, -0.1) is 0 Å². The van der Waals surface area contributed by atoms with Gasteiger partial charge in [0.2, 0.25) is 5.78 Å². The number of esters is 1. The zero-order valence-corrected chi connectivity index (χ0v) is 17.4. The number of aryl methyl sites for hydroxylation is 1. The summed E-state index contributed by atoms with van der Waals surface area (Å²) in [6.45, 7) is 0. The van der Waals surface area contributed by atoms with Gasteiger partial charge in [-0.25, -0.2) is 0 Å². The van der Waals surface area contributed by atoms with Crippen LogP contribution < -0.4 is 9.47 Å². The summed E-state index contributed by atoms with van der Waals surface area (Å²) >= 11 is 18.0. The molecule has 6 nitrogen and oxygen atoms in total. The molecule has 0 radical (unpaired) electrons. The lowest BCUT2D eigenvalue weighted by Gasteiger charge is -2.05. The van der Waals surface area contributed by atoms with Gasteiger partial charge < -0.3 is 14.0 Å². The van der Waals surface area contributed by atoms with Crippen LogP contribution in [0, 0.1) is 0 Å². The number of Topliss-reactive ketones (excluding diaryl/α,β-unsaturated/α-hetero) is 1. The van der Waals surface area contributed by atoms with Gasteiger partial charge in [-0.1, -0.05) is 46.0 Å². The fourth-order valence-corrected chi connectivity index (χ4v) is 3.49. The first-order chi connectivity index (χ1) is 14.4. The number of fused-ring (bicyclic) bond motifs is 1. The predicted molar refractivity (Wildman–Crippen MR) is 111 cm³/mol. The van der Waals surface area contributed by atoms with Crippen LogP contribution in [-0.2, 0) is 11.2 Å². The maximum atomic E-state index is 12.6. The number of ketones is 1. The highest BCUT2D eigenvalue weighted by molar-refractivity contribution is 6.37. The molecule has 1 aromatic heterocycles. The third kappa shape index (κ3) is 4.36. The van der Waals surface area contributed by atoms with Gasteiger partial charge in [0, 0.05) is 34.2 Å². The predicted octanol–water partition coefficient (Wildman–Crippen LogP) is 5.79. The van der Waals surface area contributed by atoms with Gasteiger partial charge in [-0.3, -0.25) is 9.59 Å². The van der Waals surface area contributed by atoms with Crippen molar-refractivity contribution in [1.29, 1.82) is 0 Å². The molecule has 30 heavy (non-hydrogen) atoms. The Labute approximate surface area is 185 Å². The molecule has 0 amide bonds. The standard InChI is InChI=1S/C21H12Cl3NO5/c22-15-2-1-3-16(23)14(15)10-18-21(27)13-6-4-11(8-17(13)29-18)28-20(26)7-5-12-9-19(24)25-30-12/h1-4,6,8-10H,5,7H2/b18-10-. The number of hydrogen-bond donors (Lipinski definition) is 0. The van der Waals surface area contributed by atoms with E-state index in [4.69, 9.17) is 48.8 Å². The highest BCUT2D eigenvalue weighted by Gasteiger charge is 2.28. The minimum Gasteiger partial charge on any atom is -0.452 e. The molecule has 152 valence electrons. The Morgan fingerprint density at radius 3 is 2.57 bits per heavy atom. The van der Waals surface area contributed by atoms with Gasteiger partial charge in [0.1, 0.15) is 17.3 Å². The number of carbonyl (C=O) groups is 2. The summed E-state index contributed by atoms with van der Waals surface area (Å²) in [5, 5.41) is 4.55. The number of aromatic nitrogens is 1. The summed E-state index contributed by atoms with van der Waals surface area (Å²) in [5.74, 6) is 0.283. The molecule has 0 bridgehead atoms. The number of benzene rings is 2. The van der Waals surface area contributed by atoms with Gasteiger partial charge in [0.05, 0.1) is 12.0 Å². The molecule has 2 aromatic carbocycles. The largest absolute Gasteiger partial charge is 0.452 e. The number of halogens is 3. The molecule has 0 saturated heterocycles. The Bertz CT molecular complexity index is 1160. The Morgan fingerprint density at radius 1 is 1.10 bits per heavy atom. The molecule has 2 heterocycles.